The van der Waals surface area contributed by atoms with Crippen LogP contribution < -0.4 is 5.32 Å². The molecule has 36 valence electrons. The SMILES string of the molecule is C1=CNC=[CH][Sb]=[CH]1. The standard InChI is InChI=1S/C5H6N.Sb/c1-3-5-6-4-2;/h1-6H;. The molecule has 0 fully saturated rings. The molecule has 0 amide bonds. The molecule has 1 N–H and O–H groups in total. The first kappa shape index (κ1) is 5.11. The van der Waals surface area contributed by atoms with Crippen molar-refractivity contribution in [2.45, 2.75) is 0 Å². The summed E-state index contributed by atoms with van der Waals surface area (Å²) in [5, 5.41) is 2.99. The van der Waals surface area contributed by atoms with E-state index in [2.05, 4.69) is 19.4 Å². The summed E-state index contributed by atoms with van der Waals surface area (Å²) in [6.07, 6.45) is 6.01. The van der Waals surface area contributed by atoms with Crippen LogP contribution in [-0.2, 0) is 0 Å². The molecular weight excluding hydrogens is 196 g/mol. The van der Waals surface area contributed by atoms with Crippen molar-refractivity contribution in [2.24, 2.45) is 0 Å². The molecule has 1 rings (SSSR count). The zero-order valence-electron chi connectivity index (χ0n) is 3.83. The molecule has 1 nitrogen and oxygen atoms in total. The summed E-state index contributed by atoms with van der Waals surface area (Å²) in [5.41, 5.74) is 0. The predicted molar refractivity (Wildman–Crippen MR) is 33.2 cm³/mol. The Bertz CT molecular complexity index is 110. The van der Waals surface area contributed by atoms with Crippen LogP contribution in [0.5, 0.6) is 0 Å². The molecule has 0 aromatic rings. The van der Waals surface area contributed by atoms with Gasteiger partial charge >= 0.3 is 52.9 Å². The number of nitrogens with one attached hydrogen (secondary N) is 1. The average Bonchev–Trinajstić information content (AvgIpc) is 1.90. The van der Waals surface area contributed by atoms with Gasteiger partial charge in [0.15, 0.2) is 0 Å². The maximum absolute atomic E-state index is 2.99. The van der Waals surface area contributed by atoms with Crippen LogP contribution in [0, 0.1) is 0 Å². The Labute approximate surface area is 53.1 Å². The number of hydrogen-bond donors (Lipinski definition) is 1. The molecule has 0 saturated carbocycles. The normalized spacial score (nSPS) is 16.0. The van der Waals surface area contributed by atoms with E-state index in [4.69, 9.17) is 0 Å². The third-order valence-corrected chi connectivity index (χ3v) is 2.52. The van der Waals surface area contributed by atoms with Gasteiger partial charge in [-0.05, 0) is 0 Å². The molecule has 1 aliphatic rings. The minimum absolute atomic E-state index is 0.0632. The molecule has 2 heteroatoms. The Balaban J connectivity index is 2.60. The predicted octanol–water partition coefficient (Wildman–Crippen LogP) is 0.0809. The van der Waals surface area contributed by atoms with E-state index in [0.29, 0.717) is 0 Å². The van der Waals surface area contributed by atoms with Crippen molar-refractivity contribution < 1.29 is 0 Å². The molecule has 1 aliphatic heterocycles. The van der Waals surface area contributed by atoms with Gasteiger partial charge in [0, 0.05) is 0 Å². The fourth-order valence-electron chi connectivity index (χ4n) is 0.340. The van der Waals surface area contributed by atoms with E-state index >= 15 is 0 Å². The third-order valence-electron chi connectivity index (χ3n) is 0.621. The first-order chi connectivity index (χ1) is 3.50. The molecule has 0 bridgehead atoms. The molecule has 7 heavy (non-hydrogen) atoms. The number of hydrogen-bond acceptors (Lipinski definition) is 1. The first-order valence-electron chi connectivity index (χ1n) is 2.09. The van der Waals surface area contributed by atoms with E-state index in [1.165, 1.54) is 0 Å². The average molecular weight is 202 g/mol. The van der Waals surface area contributed by atoms with Gasteiger partial charge in [-0.2, -0.15) is 0 Å². The maximum atomic E-state index is 2.99. The molecule has 0 atom stereocenters. The molecule has 0 unspecified atom stereocenters. The molecule has 0 aromatic carbocycles. The number of allylic oxidation sites excluding steroid dienone is 1. The Kier molecular flexibility index (Phi) is 2.22. The van der Waals surface area contributed by atoms with E-state index in [1.807, 2.05) is 12.4 Å². The van der Waals surface area contributed by atoms with Crippen molar-refractivity contribution in [2.75, 3.05) is 0 Å². The minimum atomic E-state index is -0.0632. The molecule has 0 spiro atoms. The molecule has 0 aliphatic carbocycles. The fraction of sp³-hybridized carbons (Fsp3) is 0. The second-order valence-corrected chi connectivity index (χ2v) is 3.69. The van der Waals surface area contributed by atoms with Crippen molar-refractivity contribution in [3.8, 4) is 0 Å². The van der Waals surface area contributed by atoms with E-state index in [-0.39, 0.29) is 21.1 Å². The second kappa shape index (κ2) is 3.03. The van der Waals surface area contributed by atoms with Gasteiger partial charge in [0.2, 0.25) is 0 Å². The topological polar surface area (TPSA) is 12.0 Å². The van der Waals surface area contributed by atoms with E-state index < -0.39 is 0 Å². The Morgan fingerprint density at radius 2 is 2.29 bits per heavy atom. The van der Waals surface area contributed by atoms with Crippen molar-refractivity contribution in [3.63, 3.8) is 0 Å². The summed E-state index contributed by atoms with van der Waals surface area (Å²) in [5.74, 6) is 0. The van der Waals surface area contributed by atoms with Crippen LogP contribution in [-0.4, -0.2) is 25.1 Å². The summed E-state index contributed by atoms with van der Waals surface area (Å²) >= 11 is -0.0632. The van der Waals surface area contributed by atoms with Crippen molar-refractivity contribution in [1.29, 1.82) is 0 Å². The molecule has 0 radical (unpaired) electrons. The Hall–Kier alpha value is -0.0318. The van der Waals surface area contributed by atoms with Gasteiger partial charge in [0.05, 0.1) is 0 Å². The second-order valence-electron chi connectivity index (χ2n) is 1.14. The zero-order valence-corrected chi connectivity index (χ0v) is 6.39. The van der Waals surface area contributed by atoms with Gasteiger partial charge in [-0.15, -0.1) is 0 Å². The van der Waals surface area contributed by atoms with Crippen molar-refractivity contribution >= 4 is 25.1 Å². The third kappa shape index (κ3) is 1.94. The first-order valence-corrected chi connectivity index (χ1v) is 5.04. The summed E-state index contributed by atoms with van der Waals surface area (Å²) in [6, 6.07) is 0. The van der Waals surface area contributed by atoms with Crippen molar-refractivity contribution in [3.05, 3.63) is 22.5 Å². The Morgan fingerprint density at radius 1 is 1.29 bits per heavy atom. The van der Waals surface area contributed by atoms with Crippen LogP contribution in [0.2, 0.25) is 0 Å². The Morgan fingerprint density at radius 3 is 3.29 bits per heavy atom. The monoisotopic (exact) mass is 201 g/mol. The van der Waals surface area contributed by atoms with Crippen LogP contribution in [0.25, 0.3) is 0 Å². The zero-order chi connectivity index (χ0) is 4.95. The fourth-order valence-corrected chi connectivity index (χ4v) is 1.64. The van der Waals surface area contributed by atoms with Gasteiger partial charge in [0.1, 0.15) is 0 Å². The summed E-state index contributed by atoms with van der Waals surface area (Å²) < 4.78 is 4.46. The van der Waals surface area contributed by atoms with E-state index in [0.717, 1.165) is 0 Å². The van der Waals surface area contributed by atoms with Gasteiger partial charge in [-0.3, -0.25) is 0 Å². The molecular formula is C5H6NSb. The van der Waals surface area contributed by atoms with Crippen LogP contribution in [0.4, 0.5) is 0 Å². The molecule has 0 aromatic heterocycles. The van der Waals surface area contributed by atoms with E-state index in [1.54, 1.807) is 0 Å². The van der Waals surface area contributed by atoms with Gasteiger partial charge < -0.3 is 0 Å². The van der Waals surface area contributed by atoms with Gasteiger partial charge in [-0.1, -0.05) is 0 Å². The van der Waals surface area contributed by atoms with E-state index in [9.17, 15) is 0 Å². The summed E-state index contributed by atoms with van der Waals surface area (Å²) in [7, 11) is 0. The van der Waals surface area contributed by atoms with Gasteiger partial charge in [0.25, 0.3) is 0 Å². The van der Waals surface area contributed by atoms with Crippen LogP contribution in [0.3, 0.4) is 0 Å². The number of rotatable bonds is 0. The van der Waals surface area contributed by atoms with Crippen molar-refractivity contribution in [1.82, 2.24) is 5.32 Å². The summed E-state index contributed by atoms with van der Waals surface area (Å²) in [6.45, 7) is 0. The van der Waals surface area contributed by atoms with Crippen LogP contribution >= 0.6 is 0 Å². The van der Waals surface area contributed by atoms with Crippen LogP contribution in [0.1, 0.15) is 0 Å². The van der Waals surface area contributed by atoms with Crippen LogP contribution in [0.15, 0.2) is 22.5 Å². The molecule has 1 heterocycles. The molecule has 0 saturated heterocycles. The van der Waals surface area contributed by atoms with Gasteiger partial charge in [-0.25, -0.2) is 0 Å². The quantitative estimate of drug-likeness (QED) is 0.548. The summed E-state index contributed by atoms with van der Waals surface area (Å²) in [4.78, 5) is 0.